The van der Waals surface area contributed by atoms with Gasteiger partial charge in [-0.2, -0.15) is 0 Å². The first-order valence-electron chi connectivity index (χ1n) is 6.05. The summed E-state index contributed by atoms with van der Waals surface area (Å²) in [5, 5.41) is 0.768. The average molecular weight is 257 g/mol. The van der Waals surface area contributed by atoms with Crippen LogP contribution >= 0.6 is 11.6 Å². The Hall–Kier alpha value is -1.60. The fourth-order valence-corrected chi connectivity index (χ4v) is 2.92. The van der Waals surface area contributed by atoms with Crippen LogP contribution in [0.2, 0.25) is 5.02 Å². The van der Waals surface area contributed by atoms with E-state index in [1.807, 2.05) is 43.3 Å². The van der Waals surface area contributed by atoms with Crippen molar-refractivity contribution in [2.75, 3.05) is 0 Å². The van der Waals surface area contributed by atoms with Crippen LogP contribution in [-0.4, -0.2) is 5.78 Å². The van der Waals surface area contributed by atoms with Gasteiger partial charge in [0.2, 0.25) is 0 Å². The highest BCUT2D eigenvalue weighted by Gasteiger charge is 2.30. The maximum absolute atomic E-state index is 12.0. The number of hydrogen-bond donors (Lipinski definition) is 0. The number of halogens is 1. The molecule has 2 heteroatoms. The summed E-state index contributed by atoms with van der Waals surface area (Å²) in [5.74, 6) is 0.391. The Labute approximate surface area is 111 Å². The third-order valence-electron chi connectivity index (χ3n) is 3.71. The van der Waals surface area contributed by atoms with Crippen molar-refractivity contribution in [1.29, 1.82) is 0 Å². The average Bonchev–Trinajstić information content (AvgIpc) is 2.71. The second kappa shape index (κ2) is 4.25. The highest BCUT2D eigenvalue weighted by molar-refractivity contribution is 6.31. The Balaban J connectivity index is 2.15. The Kier molecular flexibility index (Phi) is 2.71. The van der Waals surface area contributed by atoms with Gasteiger partial charge in [-0.15, -0.1) is 0 Å². The SMILES string of the molecule is Cc1c(Cl)cccc1C1CC(=O)c2ccccc21. The van der Waals surface area contributed by atoms with Crippen LogP contribution < -0.4 is 0 Å². The van der Waals surface area contributed by atoms with Crippen molar-refractivity contribution in [3.05, 3.63) is 69.7 Å². The minimum Gasteiger partial charge on any atom is -0.294 e. The minimum absolute atomic E-state index is 0.160. The number of fused-ring (bicyclic) bond motifs is 1. The summed E-state index contributed by atoms with van der Waals surface area (Å²) in [6.07, 6.45) is 0.556. The number of carbonyl (C=O) groups is 1. The van der Waals surface area contributed by atoms with Crippen LogP contribution in [0.1, 0.15) is 39.4 Å². The smallest absolute Gasteiger partial charge is 0.164 e. The molecule has 0 spiro atoms. The minimum atomic E-state index is 0.160. The van der Waals surface area contributed by atoms with Gasteiger partial charge in [-0.3, -0.25) is 4.79 Å². The van der Waals surface area contributed by atoms with E-state index in [1.165, 1.54) is 5.56 Å². The lowest BCUT2D eigenvalue weighted by atomic mass is 9.90. The summed E-state index contributed by atoms with van der Waals surface area (Å²) in [7, 11) is 0. The summed E-state index contributed by atoms with van der Waals surface area (Å²) >= 11 is 6.17. The van der Waals surface area contributed by atoms with Gasteiger partial charge in [0.15, 0.2) is 5.78 Å². The number of carbonyl (C=O) groups excluding carboxylic acids is 1. The van der Waals surface area contributed by atoms with Crippen molar-refractivity contribution in [3.8, 4) is 0 Å². The van der Waals surface area contributed by atoms with E-state index < -0.39 is 0 Å². The highest BCUT2D eigenvalue weighted by atomic mass is 35.5. The molecule has 0 N–H and O–H groups in total. The molecule has 0 amide bonds. The second-order valence-corrected chi connectivity index (χ2v) is 5.13. The molecule has 1 nitrogen and oxygen atoms in total. The lowest BCUT2D eigenvalue weighted by Gasteiger charge is -2.15. The van der Waals surface area contributed by atoms with Crippen LogP contribution in [0, 0.1) is 6.92 Å². The maximum atomic E-state index is 12.0. The summed E-state index contributed by atoms with van der Waals surface area (Å²) in [6.45, 7) is 2.02. The number of ketones is 1. The van der Waals surface area contributed by atoms with Crippen LogP contribution in [0.25, 0.3) is 0 Å². The first-order valence-corrected chi connectivity index (χ1v) is 6.43. The van der Waals surface area contributed by atoms with Gasteiger partial charge in [0.1, 0.15) is 0 Å². The first kappa shape index (κ1) is 11.5. The Morgan fingerprint density at radius 2 is 1.78 bits per heavy atom. The lowest BCUT2D eigenvalue weighted by Crippen LogP contribution is -2.00. The van der Waals surface area contributed by atoms with Crippen molar-refractivity contribution in [2.24, 2.45) is 0 Å². The Morgan fingerprint density at radius 3 is 2.61 bits per heavy atom. The quantitative estimate of drug-likeness (QED) is 0.741. The highest BCUT2D eigenvalue weighted by Crippen LogP contribution is 2.40. The summed E-state index contributed by atoms with van der Waals surface area (Å²) in [4.78, 5) is 12.0. The lowest BCUT2D eigenvalue weighted by molar-refractivity contribution is 0.0991. The molecule has 0 saturated carbocycles. The predicted octanol–water partition coefficient (Wildman–Crippen LogP) is 4.37. The molecular formula is C16H13ClO. The van der Waals surface area contributed by atoms with Crippen LogP contribution in [-0.2, 0) is 0 Å². The Morgan fingerprint density at radius 1 is 1.06 bits per heavy atom. The molecule has 1 aliphatic rings. The standard InChI is InChI=1S/C16H13ClO/c1-10-11(7-4-8-15(10)17)14-9-16(18)13-6-3-2-5-12(13)14/h2-8,14H,9H2,1H3. The molecule has 0 radical (unpaired) electrons. The van der Waals surface area contributed by atoms with Crippen LogP contribution in [0.15, 0.2) is 42.5 Å². The van der Waals surface area contributed by atoms with Crippen molar-refractivity contribution in [2.45, 2.75) is 19.3 Å². The molecule has 0 bridgehead atoms. The summed E-state index contributed by atoms with van der Waals surface area (Å²) < 4.78 is 0. The van der Waals surface area contributed by atoms with E-state index in [0.29, 0.717) is 6.42 Å². The van der Waals surface area contributed by atoms with Gasteiger partial charge in [-0.05, 0) is 29.7 Å². The first-order chi connectivity index (χ1) is 8.68. The molecule has 1 atom stereocenters. The number of hydrogen-bond acceptors (Lipinski definition) is 1. The molecule has 1 aliphatic carbocycles. The van der Waals surface area contributed by atoms with Crippen LogP contribution in [0.5, 0.6) is 0 Å². The van der Waals surface area contributed by atoms with Gasteiger partial charge in [0.25, 0.3) is 0 Å². The van der Waals surface area contributed by atoms with Gasteiger partial charge in [-0.1, -0.05) is 48.0 Å². The van der Waals surface area contributed by atoms with E-state index >= 15 is 0 Å². The zero-order valence-electron chi connectivity index (χ0n) is 10.1. The third-order valence-corrected chi connectivity index (χ3v) is 4.12. The number of Topliss-reactive ketones (excluding diaryl/α,β-unsaturated/α-hetero) is 1. The summed E-state index contributed by atoms with van der Waals surface area (Å²) in [6, 6.07) is 13.8. The molecule has 18 heavy (non-hydrogen) atoms. The second-order valence-electron chi connectivity index (χ2n) is 4.72. The van der Waals surface area contributed by atoms with E-state index in [1.54, 1.807) is 0 Å². The largest absolute Gasteiger partial charge is 0.294 e. The third kappa shape index (κ3) is 1.67. The van der Waals surface area contributed by atoms with Gasteiger partial charge in [0, 0.05) is 22.9 Å². The molecule has 0 heterocycles. The summed E-state index contributed by atoms with van der Waals surface area (Å²) in [5.41, 5.74) is 4.24. The van der Waals surface area contributed by atoms with Crippen molar-refractivity contribution in [1.82, 2.24) is 0 Å². The Bertz CT molecular complexity index is 631. The molecule has 2 aromatic rings. The van der Waals surface area contributed by atoms with Crippen molar-refractivity contribution >= 4 is 17.4 Å². The fraction of sp³-hybridized carbons (Fsp3) is 0.188. The van der Waals surface area contributed by atoms with Gasteiger partial charge < -0.3 is 0 Å². The maximum Gasteiger partial charge on any atom is 0.164 e. The molecule has 0 saturated heterocycles. The zero-order valence-corrected chi connectivity index (χ0v) is 10.9. The number of benzene rings is 2. The molecule has 1 unspecified atom stereocenters. The van der Waals surface area contributed by atoms with E-state index in [4.69, 9.17) is 11.6 Å². The van der Waals surface area contributed by atoms with E-state index in [0.717, 1.165) is 21.7 Å². The van der Waals surface area contributed by atoms with E-state index in [9.17, 15) is 4.79 Å². The van der Waals surface area contributed by atoms with E-state index in [2.05, 4.69) is 6.07 Å². The zero-order chi connectivity index (χ0) is 12.7. The van der Waals surface area contributed by atoms with Crippen molar-refractivity contribution in [3.63, 3.8) is 0 Å². The fourth-order valence-electron chi connectivity index (χ4n) is 2.74. The molecule has 2 aromatic carbocycles. The number of rotatable bonds is 1. The van der Waals surface area contributed by atoms with Crippen LogP contribution in [0.4, 0.5) is 0 Å². The molecule has 3 rings (SSSR count). The van der Waals surface area contributed by atoms with Gasteiger partial charge >= 0.3 is 0 Å². The van der Waals surface area contributed by atoms with Crippen molar-refractivity contribution < 1.29 is 4.79 Å². The van der Waals surface area contributed by atoms with E-state index in [-0.39, 0.29) is 11.7 Å². The molecule has 0 aromatic heterocycles. The normalized spacial score (nSPS) is 17.9. The molecular weight excluding hydrogens is 244 g/mol. The van der Waals surface area contributed by atoms with Gasteiger partial charge in [0.05, 0.1) is 0 Å². The molecule has 0 aliphatic heterocycles. The molecule has 0 fully saturated rings. The van der Waals surface area contributed by atoms with Crippen LogP contribution in [0.3, 0.4) is 0 Å². The molecule has 90 valence electrons. The predicted molar refractivity (Wildman–Crippen MR) is 73.4 cm³/mol. The monoisotopic (exact) mass is 256 g/mol. The van der Waals surface area contributed by atoms with Gasteiger partial charge in [-0.25, -0.2) is 0 Å². The topological polar surface area (TPSA) is 17.1 Å².